The predicted molar refractivity (Wildman–Crippen MR) is 129 cm³/mol. The van der Waals surface area contributed by atoms with Crippen LogP contribution >= 0.6 is 0 Å². The molecule has 2 amide bonds. The third kappa shape index (κ3) is 5.96. The molecule has 1 aromatic heterocycles. The number of halogens is 3. The van der Waals surface area contributed by atoms with E-state index in [9.17, 15) is 22.8 Å². The van der Waals surface area contributed by atoms with E-state index in [2.05, 4.69) is 15.2 Å². The fourth-order valence-electron chi connectivity index (χ4n) is 5.65. The molecule has 4 heterocycles. The fraction of sp³-hybridized carbons (Fsp3) is 0.519. The number of nitrogens with zero attached hydrogens (tertiary/aromatic N) is 3. The molecule has 3 fully saturated rings. The van der Waals surface area contributed by atoms with Crippen LogP contribution in [-0.2, 0) is 9.53 Å². The first-order valence-electron chi connectivity index (χ1n) is 12.8. The minimum Gasteiger partial charge on any atom is -0.381 e. The molecular weight excluding hydrogens is 485 g/mol. The number of carbonyl (C=O) groups is 2. The lowest BCUT2D eigenvalue weighted by atomic mass is 10.0. The number of carbonyl (C=O) groups excluding carboxylic acids is 2. The summed E-state index contributed by atoms with van der Waals surface area (Å²) in [7, 11) is 0. The number of amides is 2. The highest BCUT2D eigenvalue weighted by atomic mass is 19.3. The monoisotopic (exact) mass is 516 g/mol. The van der Waals surface area contributed by atoms with Crippen molar-refractivity contribution in [2.45, 2.75) is 25.3 Å². The molecule has 198 valence electrons. The van der Waals surface area contributed by atoms with Crippen LogP contribution in [0.3, 0.4) is 0 Å². The SMILES string of the molecule is O=C(N[C@@H](CCN1C[C@@H]2CN(C(=O)c3ccc(C(F)F)cn3)C[C@@H]2C1)c1cccc(F)c1)C1CCOC1. The summed E-state index contributed by atoms with van der Waals surface area (Å²) in [6.45, 7) is 4.58. The topological polar surface area (TPSA) is 74.8 Å². The molecule has 3 aliphatic heterocycles. The van der Waals surface area contributed by atoms with E-state index >= 15 is 0 Å². The number of ether oxygens (including phenoxy) is 1. The van der Waals surface area contributed by atoms with Gasteiger partial charge in [0.05, 0.1) is 18.6 Å². The van der Waals surface area contributed by atoms with E-state index < -0.39 is 6.43 Å². The van der Waals surface area contributed by atoms with Gasteiger partial charge in [0.1, 0.15) is 11.5 Å². The molecule has 1 N–H and O–H groups in total. The highest BCUT2D eigenvalue weighted by Crippen LogP contribution is 2.33. The van der Waals surface area contributed by atoms with Gasteiger partial charge in [-0.2, -0.15) is 0 Å². The minimum atomic E-state index is -2.61. The lowest BCUT2D eigenvalue weighted by Gasteiger charge is -2.25. The molecule has 3 aliphatic rings. The number of aromatic nitrogens is 1. The fourth-order valence-corrected chi connectivity index (χ4v) is 5.65. The average molecular weight is 517 g/mol. The number of fused-ring (bicyclic) bond motifs is 1. The van der Waals surface area contributed by atoms with E-state index in [1.165, 1.54) is 24.3 Å². The third-order valence-electron chi connectivity index (χ3n) is 7.71. The van der Waals surface area contributed by atoms with Gasteiger partial charge in [-0.3, -0.25) is 14.6 Å². The molecular formula is C27H31F3N4O3. The van der Waals surface area contributed by atoms with Gasteiger partial charge in [0, 0.05) is 51.1 Å². The first-order chi connectivity index (χ1) is 17.9. The molecule has 1 unspecified atom stereocenters. The molecule has 10 heteroatoms. The Bertz CT molecular complexity index is 1100. The number of likely N-dealkylation sites (tertiary alicyclic amines) is 2. The number of nitrogens with one attached hydrogen (secondary N) is 1. The highest BCUT2D eigenvalue weighted by molar-refractivity contribution is 5.92. The van der Waals surface area contributed by atoms with E-state index in [1.807, 2.05) is 6.07 Å². The van der Waals surface area contributed by atoms with Gasteiger partial charge in [-0.05, 0) is 54.5 Å². The van der Waals surface area contributed by atoms with Crippen molar-refractivity contribution in [1.82, 2.24) is 20.1 Å². The quantitative estimate of drug-likeness (QED) is 0.582. The zero-order chi connectivity index (χ0) is 25.9. The first kappa shape index (κ1) is 25.7. The summed E-state index contributed by atoms with van der Waals surface area (Å²) in [5.74, 6) is -0.156. The van der Waals surface area contributed by atoms with Crippen LogP contribution in [0.1, 0.15) is 46.9 Å². The number of benzene rings is 1. The summed E-state index contributed by atoms with van der Waals surface area (Å²) in [5, 5.41) is 3.11. The maximum Gasteiger partial charge on any atom is 0.272 e. The van der Waals surface area contributed by atoms with Crippen LogP contribution in [-0.4, -0.2) is 72.5 Å². The van der Waals surface area contributed by atoms with Crippen LogP contribution in [0.4, 0.5) is 13.2 Å². The van der Waals surface area contributed by atoms with Gasteiger partial charge in [-0.15, -0.1) is 0 Å². The van der Waals surface area contributed by atoms with E-state index in [-0.39, 0.29) is 40.8 Å². The molecule has 0 aliphatic carbocycles. The smallest absolute Gasteiger partial charge is 0.272 e. The van der Waals surface area contributed by atoms with E-state index in [1.54, 1.807) is 11.0 Å². The molecule has 0 saturated carbocycles. The summed E-state index contributed by atoms with van der Waals surface area (Å²) in [6, 6.07) is 8.67. The van der Waals surface area contributed by atoms with Crippen molar-refractivity contribution in [1.29, 1.82) is 0 Å². The van der Waals surface area contributed by atoms with Crippen molar-refractivity contribution in [3.05, 3.63) is 65.2 Å². The van der Waals surface area contributed by atoms with Crippen LogP contribution in [0.2, 0.25) is 0 Å². The van der Waals surface area contributed by atoms with E-state index in [0.29, 0.717) is 51.0 Å². The zero-order valence-electron chi connectivity index (χ0n) is 20.5. The van der Waals surface area contributed by atoms with Crippen LogP contribution < -0.4 is 5.32 Å². The molecule has 2 aromatic rings. The second kappa shape index (κ2) is 11.2. The Balaban J connectivity index is 1.15. The molecule has 1 aromatic carbocycles. The first-order valence-corrected chi connectivity index (χ1v) is 12.8. The lowest BCUT2D eigenvalue weighted by molar-refractivity contribution is -0.125. The standard InChI is InChI=1S/C27H31F3N4O3/c28-22-3-1-2-17(10-22)23(32-26(35)19-7-9-37-16-19)6-8-33-12-20-14-34(15-21(20)13-33)27(36)24-5-4-18(11-31-24)25(29)30/h1-5,10-11,19-21,23,25H,6-9,12-16H2,(H,32,35)/t19?,20-,21+,23-/m0/s1. The highest BCUT2D eigenvalue weighted by Gasteiger charge is 2.42. The summed E-state index contributed by atoms with van der Waals surface area (Å²) in [4.78, 5) is 33.6. The molecule has 7 nitrogen and oxygen atoms in total. The largest absolute Gasteiger partial charge is 0.381 e. The molecule has 3 saturated heterocycles. The van der Waals surface area contributed by atoms with Gasteiger partial charge in [0.25, 0.3) is 12.3 Å². The summed E-state index contributed by atoms with van der Waals surface area (Å²) in [5.41, 5.74) is 0.728. The van der Waals surface area contributed by atoms with Crippen LogP contribution in [0.25, 0.3) is 0 Å². The second-order valence-corrected chi connectivity index (χ2v) is 10.2. The Hall–Kier alpha value is -2.98. The summed E-state index contributed by atoms with van der Waals surface area (Å²) in [6.07, 6.45) is -0.215. The maximum absolute atomic E-state index is 13.9. The number of hydrogen-bond donors (Lipinski definition) is 1. The summed E-state index contributed by atoms with van der Waals surface area (Å²) >= 11 is 0. The Kier molecular flexibility index (Phi) is 7.76. The second-order valence-electron chi connectivity index (χ2n) is 10.2. The number of hydrogen-bond acceptors (Lipinski definition) is 5. The predicted octanol–water partition coefficient (Wildman–Crippen LogP) is 3.45. The van der Waals surface area contributed by atoms with Gasteiger partial charge < -0.3 is 19.9 Å². The number of alkyl halides is 2. The molecule has 0 radical (unpaired) electrons. The van der Waals surface area contributed by atoms with E-state index in [4.69, 9.17) is 4.74 Å². The van der Waals surface area contributed by atoms with Crippen LogP contribution in [0, 0.1) is 23.6 Å². The Morgan fingerprint density at radius 1 is 1.08 bits per heavy atom. The Morgan fingerprint density at radius 3 is 2.49 bits per heavy atom. The molecule has 5 rings (SSSR count). The van der Waals surface area contributed by atoms with Gasteiger partial charge in [-0.1, -0.05) is 12.1 Å². The number of rotatable bonds is 8. The third-order valence-corrected chi connectivity index (χ3v) is 7.71. The van der Waals surface area contributed by atoms with Gasteiger partial charge in [0.15, 0.2) is 0 Å². The van der Waals surface area contributed by atoms with Crippen molar-refractivity contribution < 1.29 is 27.5 Å². The normalized spacial score (nSPS) is 24.4. The molecule has 0 spiro atoms. The summed E-state index contributed by atoms with van der Waals surface area (Å²) < 4.78 is 44.8. The Morgan fingerprint density at radius 2 is 1.86 bits per heavy atom. The van der Waals surface area contributed by atoms with Gasteiger partial charge in [0.2, 0.25) is 5.91 Å². The van der Waals surface area contributed by atoms with Crippen molar-refractivity contribution in [3.8, 4) is 0 Å². The van der Waals surface area contributed by atoms with Gasteiger partial charge >= 0.3 is 0 Å². The average Bonchev–Trinajstić information content (AvgIpc) is 3.63. The van der Waals surface area contributed by atoms with Crippen LogP contribution in [0.5, 0.6) is 0 Å². The molecule has 4 atom stereocenters. The van der Waals surface area contributed by atoms with Crippen molar-refractivity contribution in [2.75, 3.05) is 45.9 Å². The van der Waals surface area contributed by atoms with Crippen molar-refractivity contribution >= 4 is 11.8 Å². The number of pyridine rings is 1. The van der Waals surface area contributed by atoms with Crippen LogP contribution in [0.15, 0.2) is 42.6 Å². The van der Waals surface area contributed by atoms with Gasteiger partial charge in [-0.25, -0.2) is 13.2 Å². The van der Waals surface area contributed by atoms with Crippen molar-refractivity contribution in [3.63, 3.8) is 0 Å². The molecule has 37 heavy (non-hydrogen) atoms. The van der Waals surface area contributed by atoms with Crippen molar-refractivity contribution in [2.24, 2.45) is 17.8 Å². The van der Waals surface area contributed by atoms with E-state index in [0.717, 1.165) is 31.4 Å². The molecule has 0 bridgehead atoms. The zero-order valence-corrected chi connectivity index (χ0v) is 20.5. The maximum atomic E-state index is 13.9. The Labute approximate surface area is 214 Å². The minimum absolute atomic E-state index is 0.0607. The lowest BCUT2D eigenvalue weighted by Crippen LogP contribution is -2.37.